The van der Waals surface area contributed by atoms with E-state index in [1.165, 1.54) is 25.1 Å². The van der Waals surface area contributed by atoms with Gasteiger partial charge in [0, 0.05) is 0 Å². The van der Waals surface area contributed by atoms with Crippen LogP contribution in [0, 0.1) is 0 Å². The van der Waals surface area contributed by atoms with Gasteiger partial charge in [-0.2, -0.15) is 0 Å². The van der Waals surface area contributed by atoms with Crippen molar-refractivity contribution in [3.8, 4) is 0 Å². The molecule has 7 nitrogen and oxygen atoms in total. The second-order valence-electron chi connectivity index (χ2n) is 6.35. The van der Waals surface area contributed by atoms with Gasteiger partial charge in [0.05, 0.1) is 30.8 Å². The summed E-state index contributed by atoms with van der Waals surface area (Å²) in [6.45, 7) is 1.38. The van der Waals surface area contributed by atoms with Gasteiger partial charge in [-0.3, -0.25) is 9.52 Å². The van der Waals surface area contributed by atoms with Gasteiger partial charge in [0.2, 0.25) is 0 Å². The summed E-state index contributed by atoms with van der Waals surface area (Å²) in [7, 11) is -3.92. The zero-order valence-corrected chi connectivity index (χ0v) is 21.0. The van der Waals surface area contributed by atoms with E-state index in [1.54, 1.807) is 36.4 Å². The van der Waals surface area contributed by atoms with Crippen LogP contribution in [0.15, 0.2) is 62.6 Å². The minimum absolute atomic E-state index is 0.0208. The first-order valence-electron chi connectivity index (χ1n) is 8.91. The molecule has 32 heavy (non-hydrogen) atoms. The molecule has 0 bridgehead atoms. The summed E-state index contributed by atoms with van der Waals surface area (Å²) in [6, 6.07) is 13.7. The molecule has 1 aromatic heterocycles. The fourth-order valence-corrected chi connectivity index (χ4v) is 5.94. The quantitative estimate of drug-likeness (QED) is 0.345. The molecular weight excluding hydrogens is 563 g/mol. The lowest BCUT2D eigenvalue weighted by molar-refractivity contribution is -0.123. The third-order valence-corrected chi connectivity index (χ3v) is 8.37. The van der Waals surface area contributed by atoms with Crippen LogP contribution >= 0.6 is 50.5 Å². The number of hydrogen-bond donors (Lipinski definition) is 2. The van der Waals surface area contributed by atoms with Crippen LogP contribution in [-0.2, 0) is 19.6 Å². The van der Waals surface area contributed by atoms with Crippen LogP contribution in [0.25, 0.3) is 0 Å². The zero-order valence-electron chi connectivity index (χ0n) is 16.3. The topological polar surface area (TPSA) is 102 Å². The van der Waals surface area contributed by atoms with Crippen molar-refractivity contribution >= 4 is 83.7 Å². The summed E-state index contributed by atoms with van der Waals surface area (Å²) in [5, 5.41) is 2.95. The Labute approximate surface area is 206 Å². The molecule has 2 N–H and O–H groups in total. The predicted octanol–water partition coefficient (Wildman–Crippen LogP) is 5.80. The Balaban J connectivity index is 1.74. The number of halogens is 3. The predicted molar refractivity (Wildman–Crippen MR) is 129 cm³/mol. The molecule has 1 heterocycles. The SMILES string of the molecule is C[C@H](OC(=O)c1ccccc1NS(=O)(=O)c1ccc(Br)s1)C(=O)Nc1cccc(Cl)c1Cl. The van der Waals surface area contributed by atoms with E-state index in [4.69, 9.17) is 27.9 Å². The van der Waals surface area contributed by atoms with Crippen LogP contribution in [-0.4, -0.2) is 26.4 Å². The summed E-state index contributed by atoms with van der Waals surface area (Å²) >= 11 is 16.2. The molecule has 12 heteroatoms. The Morgan fingerprint density at radius 3 is 2.41 bits per heavy atom. The van der Waals surface area contributed by atoms with E-state index in [9.17, 15) is 18.0 Å². The molecule has 0 aliphatic heterocycles. The average Bonchev–Trinajstić information content (AvgIpc) is 3.18. The fraction of sp³-hybridized carbons (Fsp3) is 0.100. The number of carbonyl (C=O) groups excluding carboxylic acids is 2. The number of anilines is 2. The Bertz CT molecular complexity index is 1280. The molecule has 3 aromatic rings. The van der Waals surface area contributed by atoms with Crippen molar-refractivity contribution in [1.29, 1.82) is 0 Å². The number of sulfonamides is 1. The number of thiophene rings is 1. The highest BCUT2D eigenvalue weighted by Gasteiger charge is 2.24. The Hall–Kier alpha value is -2.11. The molecule has 0 aliphatic rings. The van der Waals surface area contributed by atoms with Gasteiger partial charge >= 0.3 is 5.97 Å². The molecular formula is C20H15BrCl2N2O5S2. The van der Waals surface area contributed by atoms with E-state index in [2.05, 4.69) is 26.0 Å². The molecule has 0 fully saturated rings. The van der Waals surface area contributed by atoms with Gasteiger partial charge in [-0.25, -0.2) is 13.2 Å². The summed E-state index contributed by atoms with van der Waals surface area (Å²) < 4.78 is 33.6. The number of esters is 1. The standard InChI is InChI=1S/C20H15BrCl2N2O5S2/c1-11(19(26)24-15-8-4-6-13(22)18(15)23)30-20(27)12-5-2-3-7-14(12)25-32(28,29)17-10-9-16(21)31-17/h2-11,25H,1H3,(H,24,26)/t11-/m0/s1. The lowest BCUT2D eigenvalue weighted by Crippen LogP contribution is -2.30. The van der Waals surface area contributed by atoms with Crippen molar-refractivity contribution in [1.82, 2.24) is 0 Å². The number of ether oxygens (including phenoxy) is 1. The van der Waals surface area contributed by atoms with Crippen molar-refractivity contribution < 1.29 is 22.7 Å². The highest BCUT2D eigenvalue weighted by molar-refractivity contribution is 9.11. The van der Waals surface area contributed by atoms with Gasteiger partial charge in [0.1, 0.15) is 4.21 Å². The summed E-state index contributed by atoms with van der Waals surface area (Å²) in [6.07, 6.45) is -1.20. The van der Waals surface area contributed by atoms with Crippen LogP contribution in [0.5, 0.6) is 0 Å². The lowest BCUT2D eigenvalue weighted by Gasteiger charge is -2.16. The molecule has 1 atom stereocenters. The first kappa shape index (κ1) is 24.5. The number of nitrogens with one attached hydrogen (secondary N) is 2. The van der Waals surface area contributed by atoms with Crippen molar-refractivity contribution in [2.45, 2.75) is 17.2 Å². The minimum Gasteiger partial charge on any atom is -0.449 e. The van der Waals surface area contributed by atoms with Gasteiger partial charge in [0.15, 0.2) is 6.10 Å². The first-order chi connectivity index (χ1) is 15.1. The second kappa shape index (κ2) is 10.2. The van der Waals surface area contributed by atoms with Crippen molar-refractivity contribution in [3.05, 3.63) is 74.0 Å². The zero-order chi connectivity index (χ0) is 23.5. The molecule has 2 aromatic carbocycles. The monoisotopic (exact) mass is 576 g/mol. The van der Waals surface area contributed by atoms with Gasteiger partial charge in [0.25, 0.3) is 15.9 Å². The fourth-order valence-electron chi connectivity index (χ4n) is 2.50. The van der Waals surface area contributed by atoms with Gasteiger partial charge in [-0.05, 0) is 59.3 Å². The van der Waals surface area contributed by atoms with Crippen LogP contribution < -0.4 is 10.0 Å². The molecule has 1 amide bonds. The number of benzene rings is 2. The van der Waals surface area contributed by atoms with E-state index in [0.29, 0.717) is 3.79 Å². The molecule has 0 radical (unpaired) electrons. The molecule has 0 unspecified atom stereocenters. The van der Waals surface area contributed by atoms with Crippen molar-refractivity contribution in [2.75, 3.05) is 10.0 Å². The van der Waals surface area contributed by atoms with E-state index in [1.807, 2.05) is 0 Å². The van der Waals surface area contributed by atoms with Gasteiger partial charge < -0.3 is 10.1 Å². The Kier molecular flexibility index (Phi) is 7.84. The molecule has 3 rings (SSSR count). The highest BCUT2D eigenvalue weighted by Crippen LogP contribution is 2.30. The van der Waals surface area contributed by atoms with Crippen LogP contribution in [0.3, 0.4) is 0 Å². The van der Waals surface area contributed by atoms with Crippen molar-refractivity contribution in [2.24, 2.45) is 0 Å². The largest absolute Gasteiger partial charge is 0.449 e. The second-order valence-corrected chi connectivity index (χ2v) is 11.5. The van der Waals surface area contributed by atoms with E-state index < -0.39 is 28.0 Å². The summed E-state index contributed by atoms with van der Waals surface area (Å²) in [5.74, 6) is -1.51. The number of hydrogen-bond acceptors (Lipinski definition) is 6. The molecule has 0 saturated carbocycles. The maximum Gasteiger partial charge on any atom is 0.341 e. The molecule has 168 valence electrons. The van der Waals surface area contributed by atoms with Crippen LogP contribution in [0.4, 0.5) is 11.4 Å². The maximum atomic E-state index is 12.7. The van der Waals surface area contributed by atoms with E-state index >= 15 is 0 Å². The number of amides is 1. The molecule has 0 saturated heterocycles. The maximum absolute atomic E-state index is 12.7. The highest BCUT2D eigenvalue weighted by atomic mass is 79.9. The van der Waals surface area contributed by atoms with E-state index in [0.717, 1.165) is 11.3 Å². The summed E-state index contributed by atoms with van der Waals surface area (Å²) in [4.78, 5) is 25.1. The molecule has 0 aliphatic carbocycles. The van der Waals surface area contributed by atoms with Gasteiger partial charge in [-0.15, -0.1) is 11.3 Å². The number of para-hydroxylation sites is 1. The van der Waals surface area contributed by atoms with Crippen LogP contribution in [0.1, 0.15) is 17.3 Å². The summed E-state index contributed by atoms with van der Waals surface area (Å²) in [5.41, 5.74) is 0.238. The average molecular weight is 578 g/mol. The molecule has 0 spiro atoms. The third kappa shape index (κ3) is 5.81. The Morgan fingerprint density at radius 2 is 1.72 bits per heavy atom. The number of rotatable bonds is 7. The van der Waals surface area contributed by atoms with Gasteiger partial charge in [-0.1, -0.05) is 41.4 Å². The van der Waals surface area contributed by atoms with Crippen molar-refractivity contribution in [3.63, 3.8) is 0 Å². The third-order valence-electron chi connectivity index (χ3n) is 4.07. The van der Waals surface area contributed by atoms with Crippen LogP contribution in [0.2, 0.25) is 10.0 Å². The smallest absolute Gasteiger partial charge is 0.341 e. The lowest BCUT2D eigenvalue weighted by atomic mass is 10.2. The normalized spacial score (nSPS) is 12.1. The first-order valence-corrected chi connectivity index (χ1v) is 12.8. The minimum atomic E-state index is -3.92. The number of carbonyl (C=O) groups is 2. The Morgan fingerprint density at radius 1 is 1.03 bits per heavy atom. The van der Waals surface area contributed by atoms with E-state index in [-0.39, 0.29) is 31.2 Å².